The van der Waals surface area contributed by atoms with Gasteiger partial charge in [0.05, 0.1) is 0 Å². The zero-order chi connectivity index (χ0) is 13.1. The fourth-order valence-electron chi connectivity index (χ4n) is 1.20. The lowest BCUT2D eigenvalue weighted by Gasteiger charge is -1.99. The van der Waals surface area contributed by atoms with Gasteiger partial charge in [0, 0.05) is 10.0 Å². The van der Waals surface area contributed by atoms with Crippen molar-refractivity contribution in [2.75, 3.05) is 0 Å². The van der Waals surface area contributed by atoms with E-state index in [2.05, 4.69) is 26.1 Å². The first-order valence-electron chi connectivity index (χ1n) is 5.05. The highest BCUT2D eigenvalue weighted by atomic mass is 79.9. The summed E-state index contributed by atoms with van der Waals surface area (Å²) in [5.41, 5.74) is 0.784. The summed E-state index contributed by atoms with van der Waals surface area (Å²) >= 11 is 4.37. The second-order valence-corrected chi connectivity index (χ2v) is 5.69. The molecule has 1 N–H and O–H groups in total. The van der Waals surface area contributed by atoms with Crippen LogP contribution in [0.4, 0.5) is 0 Å². The van der Waals surface area contributed by atoms with Crippen molar-refractivity contribution in [2.24, 2.45) is 0 Å². The first kappa shape index (κ1) is 13.1. The van der Waals surface area contributed by atoms with E-state index in [9.17, 15) is 4.79 Å². The molecule has 2 rings (SSSR count). The van der Waals surface area contributed by atoms with Crippen LogP contribution in [0.2, 0.25) is 0 Å². The smallest absolute Gasteiger partial charge is 0.316 e. The average molecular weight is 329 g/mol. The Morgan fingerprint density at radius 3 is 2.94 bits per heavy atom. The van der Waals surface area contributed by atoms with Gasteiger partial charge in [-0.25, -0.2) is 0 Å². The molecule has 0 saturated carbocycles. The molecular weight excluding hydrogens is 320 g/mol. The van der Waals surface area contributed by atoms with Gasteiger partial charge in [-0.05, 0) is 25.1 Å². The van der Waals surface area contributed by atoms with Gasteiger partial charge in [-0.15, -0.1) is 10.2 Å². The van der Waals surface area contributed by atoms with Gasteiger partial charge in [-0.3, -0.25) is 4.79 Å². The van der Waals surface area contributed by atoms with Crippen molar-refractivity contribution in [2.45, 2.75) is 17.4 Å². The largest absolute Gasteiger partial charge is 0.480 e. The minimum atomic E-state index is -0.915. The first-order valence-corrected chi connectivity index (χ1v) is 6.72. The van der Waals surface area contributed by atoms with Crippen LogP contribution in [0.3, 0.4) is 0 Å². The molecule has 1 atom stereocenters. The minimum absolute atomic E-state index is 0.250. The van der Waals surface area contributed by atoms with E-state index in [4.69, 9.17) is 9.52 Å². The second kappa shape index (κ2) is 5.53. The lowest BCUT2D eigenvalue weighted by molar-refractivity contribution is -0.136. The molecule has 0 saturated heterocycles. The Morgan fingerprint density at radius 1 is 1.50 bits per heavy atom. The summed E-state index contributed by atoms with van der Waals surface area (Å²) in [5.74, 6) is -0.543. The lowest BCUT2D eigenvalue weighted by Crippen LogP contribution is -2.10. The molecule has 0 fully saturated rings. The highest BCUT2D eigenvalue weighted by Gasteiger charge is 2.17. The molecule has 94 valence electrons. The minimum Gasteiger partial charge on any atom is -0.480 e. The van der Waals surface area contributed by atoms with E-state index in [1.165, 1.54) is 0 Å². The molecule has 7 heteroatoms. The molecule has 18 heavy (non-hydrogen) atoms. The van der Waals surface area contributed by atoms with Crippen LogP contribution in [0, 0.1) is 0 Å². The summed E-state index contributed by atoms with van der Waals surface area (Å²) in [5, 5.41) is 16.1. The standard InChI is InChI=1S/C11H9BrN2O3S/c1-6(10(15)16)18-11-14-13-9(17-11)7-3-2-4-8(12)5-7/h2-6H,1H3,(H,15,16)/t6-/m1/s1. The molecule has 2 aromatic rings. The fourth-order valence-corrected chi connectivity index (χ4v) is 2.21. The van der Waals surface area contributed by atoms with Crippen LogP contribution in [0.5, 0.6) is 0 Å². The van der Waals surface area contributed by atoms with E-state index >= 15 is 0 Å². The van der Waals surface area contributed by atoms with Gasteiger partial charge in [0.2, 0.25) is 5.89 Å². The highest BCUT2D eigenvalue weighted by Crippen LogP contribution is 2.27. The number of rotatable bonds is 4. The number of hydrogen-bond donors (Lipinski definition) is 1. The lowest BCUT2D eigenvalue weighted by atomic mass is 10.2. The molecular formula is C11H9BrN2O3S. The topological polar surface area (TPSA) is 76.2 Å². The number of benzene rings is 1. The maximum Gasteiger partial charge on any atom is 0.316 e. The number of carboxylic acid groups (broad SMARTS) is 1. The molecule has 0 aliphatic carbocycles. The number of thioether (sulfide) groups is 1. The van der Waals surface area contributed by atoms with Gasteiger partial charge in [-0.1, -0.05) is 33.8 Å². The van der Waals surface area contributed by atoms with Crippen LogP contribution in [-0.4, -0.2) is 26.5 Å². The van der Waals surface area contributed by atoms with Crippen molar-refractivity contribution in [1.29, 1.82) is 0 Å². The maximum atomic E-state index is 10.7. The Hall–Kier alpha value is -1.34. The number of aromatic nitrogens is 2. The van der Waals surface area contributed by atoms with Gasteiger partial charge in [0.1, 0.15) is 5.25 Å². The quantitative estimate of drug-likeness (QED) is 0.869. The Kier molecular flexibility index (Phi) is 4.03. The number of halogens is 1. The van der Waals surface area contributed by atoms with E-state index in [-0.39, 0.29) is 5.22 Å². The van der Waals surface area contributed by atoms with Gasteiger partial charge in [0.25, 0.3) is 5.22 Å². The third kappa shape index (κ3) is 3.11. The van der Waals surface area contributed by atoms with Gasteiger partial charge >= 0.3 is 5.97 Å². The van der Waals surface area contributed by atoms with Crippen molar-refractivity contribution in [1.82, 2.24) is 10.2 Å². The zero-order valence-electron chi connectivity index (χ0n) is 9.33. The highest BCUT2D eigenvalue weighted by molar-refractivity contribution is 9.10. The number of hydrogen-bond acceptors (Lipinski definition) is 5. The Labute approximate surface area is 116 Å². The summed E-state index contributed by atoms with van der Waals surface area (Å²) in [6.07, 6.45) is 0. The van der Waals surface area contributed by atoms with E-state index in [0.29, 0.717) is 5.89 Å². The molecule has 1 heterocycles. The number of aliphatic carboxylic acids is 1. The van der Waals surface area contributed by atoms with Gasteiger partial charge < -0.3 is 9.52 Å². The van der Waals surface area contributed by atoms with Crippen LogP contribution in [0.15, 0.2) is 38.4 Å². The SMILES string of the molecule is C[C@@H](Sc1nnc(-c2cccc(Br)c2)o1)C(=O)O. The normalized spacial score (nSPS) is 12.3. The molecule has 0 amide bonds. The molecule has 1 aromatic carbocycles. The summed E-state index contributed by atoms with van der Waals surface area (Å²) in [6, 6.07) is 7.44. The Morgan fingerprint density at radius 2 is 2.28 bits per heavy atom. The van der Waals surface area contributed by atoms with Crippen molar-refractivity contribution >= 4 is 33.7 Å². The molecule has 5 nitrogen and oxygen atoms in total. The molecule has 0 unspecified atom stereocenters. The van der Waals surface area contributed by atoms with Gasteiger partial charge in [-0.2, -0.15) is 0 Å². The van der Waals surface area contributed by atoms with Crippen LogP contribution >= 0.6 is 27.7 Å². The Balaban J connectivity index is 2.18. The molecule has 0 aliphatic rings. The van der Waals surface area contributed by atoms with Crippen molar-refractivity contribution < 1.29 is 14.3 Å². The van der Waals surface area contributed by atoms with Crippen LogP contribution in [-0.2, 0) is 4.79 Å². The third-order valence-electron chi connectivity index (χ3n) is 2.10. The van der Waals surface area contributed by atoms with Crippen LogP contribution in [0.1, 0.15) is 6.92 Å². The molecule has 0 spiro atoms. The van der Waals surface area contributed by atoms with Crippen LogP contribution in [0.25, 0.3) is 11.5 Å². The fraction of sp³-hybridized carbons (Fsp3) is 0.182. The predicted molar refractivity (Wildman–Crippen MR) is 70.4 cm³/mol. The van der Waals surface area contributed by atoms with E-state index in [0.717, 1.165) is 21.8 Å². The monoisotopic (exact) mass is 328 g/mol. The van der Waals surface area contributed by atoms with E-state index in [1.807, 2.05) is 24.3 Å². The molecule has 1 aromatic heterocycles. The van der Waals surface area contributed by atoms with Crippen LogP contribution < -0.4 is 0 Å². The van der Waals surface area contributed by atoms with Crippen molar-refractivity contribution in [3.8, 4) is 11.5 Å². The summed E-state index contributed by atoms with van der Waals surface area (Å²) in [4.78, 5) is 10.7. The molecule has 0 radical (unpaired) electrons. The number of carbonyl (C=O) groups is 1. The molecule has 0 bridgehead atoms. The zero-order valence-corrected chi connectivity index (χ0v) is 11.7. The van der Waals surface area contributed by atoms with Crippen molar-refractivity contribution in [3.63, 3.8) is 0 Å². The molecule has 0 aliphatic heterocycles. The average Bonchev–Trinajstić information content (AvgIpc) is 2.77. The summed E-state index contributed by atoms with van der Waals surface area (Å²) in [6.45, 7) is 1.57. The Bertz CT molecular complexity index is 573. The first-order chi connectivity index (χ1) is 8.56. The third-order valence-corrected chi connectivity index (χ3v) is 3.52. The van der Waals surface area contributed by atoms with E-state index in [1.54, 1.807) is 6.92 Å². The summed E-state index contributed by atoms with van der Waals surface area (Å²) in [7, 11) is 0. The second-order valence-electron chi connectivity index (χ2n) is 3.48. The number of nitrogens with zero attached hydrogens (tertiary/aromatic N) is 2. The summed E-state index contributed by atoms with van der Waals surface area (Å²) < 4.78 is 6.31. The van der Waals surface area contributed by atoms with Gasteiger partial charge in [0.15, 0.2) is 0 Å². The maximum absolute atomic E-state index is 10.7. The predicted octanol–water partition coefficient (Wildman–Crippen LogP) is 3.06. The number of carboxylic acids is 1. The van der Waals surface area contributed by atoms with E-state index < -0.39 is 11.2 Å². The van der Waals surface area contributed by atoms with Crippen molar-refractivity contribution in [3.05, 3.63) is 28.7 Å².